The Bertz CT molecular complexity index is 985. The van der Waals surface area contributed by atoms with Crippen molar-refractivity contribution < 1.29 is 17.9 Å². The fourth-order valence-corrected chi connectivity index (χ4v) is 3.45. The highest BCUT2D eigenvalue weighted by Crippen LogP contribution is 2.20. The van der Waals surface area contributed by atoms with E-state index in [0.717, 1.165) is 16.7 Å². The van der Waals surface area contributed by atoms with Gasteiger partial charge in [0.2, 0.25) is 10.0 Å². The van der Waals surface area contributed by atoms with E-state index in [2.05, 4.69) is 4.72 Å². The van der Waals surface area contributed by atoms with E-state index in [9.17, 15) is 13.2 Å². The van der Waals surface area contributed by atoms with Crippen molar-refractivity contribution in [3.8, 4) is 11.1 Å². The number of sulfonamides is 1. The molecule has 0 unspecified atom stereocenters. The van der Waals surface area contributed by atoms with E-state index < -0.39 is 22.5 Å². The molecule has 3 aromatic carbocycles. The molecule has 0 aliphatic carbocycles. The lowest BCUT2D eigenvalue weighted by Gasteiger charge is -2.08. The molecule has 0 heterocycles. The van der Waals surface area contributed by atoms with Crippen molar-refractivity contribution in [1.29, 1.82) is 0 Å². The molecular weight excluding hydrogens is 362 g/mol. The topological polar surface area (TPSA) is 72.5 Å². The number of benzene rings is 3. The SMILES string of the molecule is O=C(CNS(=O)(=O)c1ccc(-c2ccccc2)cc1)OCc1ccccc1. The molecule has 3 rings (SSSR count). The molecule has 138 valence electrons. The van der Waals surface area contributed by atoms with E-state index in [0.29, 0.717) is 0 Å². The van der Waals surface area contributed by atoms with E-state index in [1.807, 2.05) is 60.7 Å². The monoisotopic (exact) mass is 381 g/mol. The number of carbonyl (C=O) groups is 1. The Morgan fingerprint density at radius 3 is 1.96 bits per heavy atom. The van der Waals surface area contributed by atoms with Gasteiger partial charge in [0.15, 0.2) is 0 Å². The number of hydrogen-bond acceptors (Lipinski definition) is 4. The first-order valence-electron chi connectivity index (χ1n) is 8.39. The lowest BCUT2D eigenvalue weighted by molar-refractivity contribution is -0.143. The molecule has 1 N–H and O–H groups in total. The standard InChI is InChI=1S/C21H19NO4S/c23-21(26-16-17-7-3-1-4-8-17)15-22-27(24,25)20-13-11-19(12-14-20)18-9-5-2-6-10-18/h1-14,22H,15-16H2. The van der Waals surface area contributed by atoms with E-state index in [-0.39, 0.29) is 11.5 Å². The Morgan fingerprint density at radius 1 is 0.778 bits per heavy atom. The smallest absolute Gasteiger partial charge is 0.321 e. The molecule has 0 saturated heterocycles. The summed E-state index contributed by atoms with van der Waals surface area (Å²) in [5.41, 5.74) is 2.75. The quantitative estimate of drug-likeness (QED) is 0.637. The second kappa shape index (κ2) is 8.62. The maximum absolute atomic E-state index is 12.3. The highest BCUT2D eigenvalue weighted by molar-refractivity contribution is 7.89. The summed E-state index contributed by atoms with van der Waals surface area (Å²) in [4.78, 5) is 11.9. The van der Waals surface area contributed by atoms with Crippen LogP contribution in [-0.2, 0) is 26.2 Å². The average Bonchev–Trinajstić information content (AvgIpc) is 2.72. The molecule has 0 radical (unpaired) electrons. The summed E-state index contributed by atoms with van der Waals surface area (Å²) < 4.78 is 32.0. The minimum Gasteiger partial charge on any atom is -0.460 e. The second-order valence-corrected chi connectivity index (χ2v) is 7.63. The first kappa shape index (κ1) is 18.8. The Labute approximate surface area is 158 Å². The fraction of sp³-hybridized carbons (Fsp3) is 0.0952. The van der Waals surface area contributed by atoms with Gasteiger partial charge in [-0.25, -0.2) is 8.42 Å². The van der Waals surface area contributed by atoms with Gasteiger partial charge in [0.1, 0.15) is 13.2 Å². The number of rotatable bonds is 7. The largest absolute Gasteiger partial charge is 0.460 e. The van der Waals surface area contributed by atoms with Crippen molar-refractivity contribution in [2.75, 3.05) is 6.54 Å². The van der Waals surface area contributed by atoms with E-state index >= 15 is 0 Å². The summed E-state index contributed by atoms with van der Waals surface area (Å²) in [7, 11) is -3.79. The summed E-state index contributed by atoms with van der Waals surface area (Å²) in [6.07, 6.45) is 0. The summed E-state index contributed by atoms with van der Waals surface area (Å²) in [5, 5.41) is 0. The van der Waals surface area contributed by atoms with E-state index in [4.69, 9.17) is 4.74 Å². The minimum absolute atomic E-state index is 0.0954. The summed E-state index contributed by atoms with van der Waals surface area (Å²) in [6, 6.07) is 25.3. The van der Waals surface area contributed by atoms with Gasteiger partial charge in [-0.2, -0.15) is 4.72 Å². The van der Waals surface area contributed by atoms with Crippen LogP contribution >= 0.6 is 0 Å². The van der Waals surface area contributed by atoms with Crippen LogP contribution in [-0.4, -0.2) is 20.9 Å². The predicted molar refractivity (Wildman–Crippen MR) is 103 cm³/mol. The van der Waals surface area contributed by atoms with Crippen LogP contribution in [0.15, 0.2) is 89.8 Å². The van der Waals surface area contributed by atoms with Crippen LogP contribution in [0.4, 0.5) is 0 Å². The average molecular weight is 381 g/mol. The number of esters is 1. The summed E-state index contributed by atoms with van der Waals surface area (Å²) in [5.74, 6) is -0.636. The van der Waals surface area contributed by atoms with Gasteiger partial charge in [-0.05, 0) is 28.8 Å². The van der Waals surface area contributed by atoms with Crippen molar-refractivity contribution in [3.63, 3.8) is 0 Å². The molecule has 0 saturated carbocycles. The molecule has 0 atom stereocenters. The number of ether oxygens (including phenoxy) is 1. The molecule has 0 spiro atoms. The first-order chi connectivity index (χ1) is 13.0. The van der Waals surface area contributed by atoms with Crippen molar-refractivity contribution in [2.45, 2.75) is 11.5 Å². The van der Waals surface area contributed by atoms with Crippen LogP contribution < -0.4 is 4.72 Å². The van der Waals surface area contributed by atoms with Gasteiger partial charge < -0.3 is 4.74 Å². The van der Waals surface area contributed by atoms with Gasteiger partial charge >= 0.3 is 5.97 Å². The van der Waals surface area contributed by atoms with Crippen LogP contribution in [0.2, 0.25) is 0 Å². The molecule has 0 aliphatic rings. The first-order valence-corrected chi connectivity index (χ1v) is 9.88. The Kier molecular flexibility index (Phi) is 6.01. The van der Waals surface area contributed by atoms with Crippen molar-refractivity contribution in [3.05, 3.63) is 90.5 Å². The summed E-state index contributed by atoms with van der Waals surface area (Å²) in [6.45, 7) is -0.317. The molecule has 3 aromatic rings. The molecule has 5 nitrogen and oxygen atoms in total. The van der Waals surface area contributed by atoms with Crippen LogP contribution in [0.25, 0.3) is 11.1 Å². The Balaban J connectivity index is 1.57. The third-order valence-electron chi connectivity index (χ3n) is 3.92. The highest BCUT2D eigenvalue weighted by atomic mass is 32.2. The zero-order valence-electron chi connectivity index (χ0n) is 14.5. The zero-order chi connectivity index (χ0) is 19.1. The van der Waals surface area contributed by atoms with Crippen LogP contribution in [0.1, 0.15) is 5.56 Å². The third-order valence-corrected chi connectivity index (χ3v) is 5.34. The normalized spacial score (nSPS) is 11.1. The molecule has 0 amide bonds. The maximum Gasteiger partial charge on any atom is 0.321 e. The molecule has 27 heavy (non-hydrogen) atoms. The van der Waals surface area contributed by atoms with E-state index in [1.165, 1.54) is 12.1 Å². The zero-order valence-corrected chi connectivity index (χ0v) is 15.4. The van der Waals surface area contributed by atoms with Gasteiger partial charge in [0, 0.05) is 0 Å². The van der Waals surface area contributed by atoms with E-state index in [1.54, 1.807) is 12.1 Å². The maximum atomic E-state index is 12.3. The predicted octanol–water partition coefficient (Wildman–Crippen LogP) is 3.38. The molecule has 0 fully saturated rings. The molecule has 6 heteroatoms. The van der Waals surface area contributed by atoms with Gasteiger partial charge in [-0.1, -0.05) is 72.8 Å². The molecule has 0 aromatic heterocycles. The van der Waals surface area contributed by atoms with Crippen molar-refractivity contribution >= 4 is 16.0 Å². The summed E-state index contributed by atoms with van der Waals surface area (Å²) >= 11 is 0. The lowest BCUT2D eigenvalue weighted by atomic mass is 10.1. The van der Waals surface area contributed by atoms with Crippen LogP contribution in [0.5, 0.6) is 0 Å². The molecular formula is C21H19NO4S. The Hall–Kier alpha value is -2.96. The van der Waals surface area contributed by atoms with Gasteiger partial charge in [0.05, 0.1) is 4.90 Å². The minimum atomic E-state index is -3.79. The van der Waals surface area contributed by atoms with Crippen LogP contribution in [0, 0.1) is 0 Å². The lowest BCUT2D eigenvalue weighted by Crippen LogP contribution is -2.30. The second-order valence-electron chi connectivity index (χ2n) is 5.86. The number of carbonyl (C=O) groups excluding carboxylic acids is 1. The van der Waals surface area contributed by atoms with Gasteiger partial charge in [-0.3, -0.25) is 4.79 Å². The van der Waals surface area contributed by atoms with Crippen molar-refractivity contribution in [2.24, 2.45) is 0 Å². The highest BCUT2D eigenvalue weighted by Gasteiger charge is 2.16. The van der Waals surface area contributed by atoms with Gasteiger partial charge in [0.25, 0.3) is 0 Å². The third kappa shape index (κ3) is 5.26. The molecule has 0 aliphatic heterocycles. The molecule has 0 bridgehead atoms. The number of nitrogens with one attached hydrogen (secondary N) is 1. The van der Waals surface area contributed by atoms with Crippen LogP contribution in [0.3, 0.4) is 0 Å². The van der Waals surface area contributed by atoms with Gasteiger partial charge in [-0.15, -0.1) is 0 Å². The Morgan fingerprint density at radius 2 is 1.33 bits per heavy atom. The fourth-order valence-electron chi connectivity index (χ4n) is 2.48. The number of hydrogen-bond donors (Lipinski definition) is 1. The van der Waals surface area contributed by atoms with Crippen molar-refractivity contribution in [1.82, 2.24) is 4.72 Å².